The molecule has 0 spiro atoms. The van der Waals surface area contributed by atoms with Crippen molar-refractivity contribution in [3.05, 3.63) is 194 Å². The maximum absolute atomic E-state index is 6.21. The first kappa shape index (κ1) is 29.7. The lowest BCUT2D eigenvalue weighted by Gasteiger charge is -2.15. The van der Waals surface area contributed by atoms with Crippen molar-refractivity contribution in [2.75, 3.05) is 0 Å². The van der Waals surface area contributed by atoms with E-state index in [0.717, 1.165) is 27.5 Å². The molecule has 1 heterocycles. The summed E-state index contributed by atoms with van der Waals surface area (Å²) < 4.78 is 6.21. The summed E-state index contributed by atoms with van der Waals surface area (Å²) in [5.74, 6) is 0. The third kappa shape index (κ3) is 5.01. The molecule has 0 N–H and O–H groups in total. The quantitative estimate of drug-likeness (QED) is 0.170. The molecule has 0 amide bonds. The van der Waals surface area contributed by atoms with Crippen LogP contribution in [0.1, 0.15) is 0 Å². The maximum Gasteiger partial charge on any atom is 0.135 e. The van der Waals surface area contributed by atoms with E-state index in [9.17, 15) is 0 Å². The van der Waals surface area contributed by atoms with E-state index in [-0.39, 0.29) is 0 Å². The molecule has 11 aromatic rings. The summed E-state index contributed by atoms with van der Waals surface area (Å²) >= 11 is 0. The van der Waals surface area contributed by atoms with Gasteiger partial charge in [-0.15, -0.1) is 0 Å². The second kappa shape index (κ2) is 11.8. The zero-order chi connectivity index (χ0) is 34.9. The second-order valence-electron chi connectivity index (χ2n) is 14.1. The number of furan rings is 1. The maximum atomic E-state index is 6.21. The van der Waals surface area contributed by atoms with Gasteiger partial charge in [-0.05, 0) is 148 Å². The number of rotatable bonds is 4. The van der Waals surface area contributed by atoms with Crippen LogP contribution in [0.2, 0.25) is 0 Å². The molecule has 1 nitrogen and oxygen atoms in total. The molecule has 11 rings (SSSR count). The number of hydrogen-bond donors (Lipinski definition) is 0. The van der Waals surface area contributed by atoms with Crippen LogP contribution in [-0.2, 0) is 0 Å². The van der Waals surface area contributed by atoms with E-state index in [1.54, 1.807) is 0 Å². The molecule has 0 aliphatic rings. The van der Waals surface area contributed by atoms with Gasteiger partial charge < -0.3 is 4.42 Å². The topological polar surface area (TPSA) is 13.1 Å². The molecular formula is C52H32O. The predicted molar refractivity (Wildman–Crippen MR) is 225 cm³/mol. The van der Waals surface area contributed by atoms with Crippen molar-refractivity contribution in [1.29, 1.82) is 0 Å². The van der Waals surface area contributed by atoms with E-state index in [4.69, 9.17) is 4.42 Å². The molecule has 0 bridgehead atoms. The number of benzene rings is 10. The van der Waals surface area contributed by atoms with Gasteiger partial charge in [0.2, 0.25) is 0 Å². The lowest BCUT2D eigenvalue weighted by Crippen LogP contribution is -1.89. The summed E-state index contributed by atoms with van der Waals surface area (Å²) in [4.78, 5) is 0. The molecule has 0 aliphatic carbocycles. The van der Waals surface area contributed by atoms with Gasteiger partial charge in [0.25, 0.3) is 0 Å². The fraction of sp³-hybridized carbons (Fsp3) is 0. The molecule has 0 unspecified atom stereocenters. The summed E-state index contributed by atoms with van der Waals surface area (Å²) in [5.41, 5.74) is 11.4. The van der Waals surface area contributed by atoms with Crippen LogP contribution < -0.4 is 0 Å². The van der Waals surface area contributed by atoms with E-state index in [1.807, 2.05) is 12.1 Å². The van der Waals surface area contributed by atoms with Crippen molar-refractivity contribution in [1.82, 2.24) is 0 Å². The van der Waals surface area contributed by atoms with Crippen molar-refractivity contribution >= 4 is 65.0 Å². The van der Waals surface area contributed by atoms with Gasteiger partial charge in [-0.25, -0.2) is 0 Å². The Kier molecular flexibility index (Phi) is 6.62. The fourth-order valence-corrected chi connectivity index (χ4v) is 8.29. The van der Waals surface area contributed by atoms with E-state index in [1.165, 1.54) is 82.0 Å². The first-order chi connectivity index (χ1) is 26.2. The minimum absolute atomic E-state index is 0.907. The fourth-order valence-electron chi connectivity index (χ4n) is 8.29. The van der Waals surface area contributed by atoms with E-state index in [2.05, 4.69) is 182 Å². The molecular weight excluding hydrogens is 641 g/mol. The Labute approximate surface area is 307 Å². The zero-order valence-corrected chi connectivity index (χ0v) is 28.9. The molecule has 0 atom stereocenters. The van der Waals surface area contributed by atoms with Crippen molar-refractivity contribution in [3.63, 3.8) is 0 Å². The van der Waals surface area contributed by atoms with Gasteiger partial charge >= 0.3 is 0 Å². The van der Waals surface area contributed by atoms with Crippen LogP contribution in [0.5, 0.6) is 0 Å². The molecule has 10 aromatic carbocycles. The van der Waals surface area contributed by atoms with Crippen molar-refractivity contribution in [3.8, 4) is 44.5 Å². The van der Waals surface area contributed by atoms with Gasteiger partial charge in [-0.3, -0.25) is 0 Å². The zero-order valence-electron chi connectivity index (χ0n) is 28.9. The molecule has 0 aliphatic heterocycles. The minimum atomic E-state index is 0.907. The highest BCUT2D eigenvalue weighted by Gasteiger charge is 2.15. The SMILES string of the molecule is c1ccc2cc(-c3ccc4cc(-c5cc(-c6ccc7oc8ccccc8c7c6)cc(-c6cc7ccccc7c7ccccc67)c5)ccc4c3)ccc2c1. The Morgan fingerprint density at radius 1 is 0.226 bits per heavy atom. The van der Waals surface area contributed by atoms with Crippen LogP contribution in [0.4, 0.5) is 0 Å². The van der Waals surface area contributed by atoms with Gasteiger partial charge in [-0.1, -0.05) is 133 Å². The number of para-hydroxylation sites is 1. The molecule has 53 heavy (non-hydrogen) atoms. The molecule has 0 saturated heterocycles. The van der Waals surface area contributed by atoms with Gasteiger partial charge in [-0.2, -0.15) is 0 Å². The first-order valence-corrected chi connectivity index (χ1v) is 18.2. The average molecular weight is 673 g/mol. The third-order valence-corrected chi connectivity index (χ3v) is 11.0. The van der Waals surface area contributed by atoms with E-state index in [0.29, 0.717) is 0 Å². The predicted octanol–water partition coefficient (Wildman–Crippen LogP) is 14.9. The van der Waals surface area contributed by atoms with E-state index < -0.39 is 0 Å². The normalized spacial score (nSPS) is 11.8. The van der Waals surface area contributed by atoms with Gasteiger partial charge in [0.15, 0.2) is 0 Å². The average Bonchev–Trinajstić information content (AvgIpc) is 3.61. The number of hydrogen-bond acceptors (Lipinski definition) is 1. The largest absolute Gasteiger partial charge is 0.456 e. The summed E-state index contributed by atoms with van der Waals surface area (Å²) in [6.07, 6.45) is 0. The highest BCUT2D eigenvalue weighted by atomic mass is 16.3. The highest BCUT2D eigenvalue weighted by Crippen LogP contribution is 2.41. The van der Waals surface area contributed by atoms with Crippen LogP contribution in [-0.4, -0.2) is 0 Å². The van der Waals surface area contributed by atoms with Crippen LogP contribution in [0.3, 0.4) is 0 Å². The molecule has 0 radical (unpaired) electrons. The van der Waals surface area contributed by atoms with Crippen LogP contribution in [0.15, 0.2) is 199 Å². The second-order valence-corrected chi connectivity index (χ2v) is 14.1. The summed E-state index contributed by atoms with van der Waals surface area (Å²) in [5, 5.41) is 12.3. The van der Waals surface area contributed by atoms with Gasteiger partial charge in [0, 0.05) is 10.8 Å². The lowest BCUT2D eigenvalue weighted by atomic mass is 9.88. The van der Waals surface area contributed by atoms with Crippen molar-refractivity contribution in [2.24, 2.45) is 0 Å². The molecule has 246 valence electrons. The summed E-state index contributed by atoms with van der Waals surface area (Å²) in [6, 6.07) is 70.9. The molecule has 1 aromatic heterocycles. The minimum Gasteiger partial charge on any atom is -0.456 e. The summed E-state index contributed by atoms with van der Waals surface area (Å²) in [7, 11) is 0. The Morgan fingerprint density at radius 3 is 1.43 bits per heavy atom. The van der Waals surface area contributed by atoms with Crippen molar-refractivity contribution < 1.29 is 4.42 Å². The molecule has 0 saturated carbocycles. The lowest BCUT2D eigenvalue weighted by molar-refractivity contribution is 0.669. The standard InChI is InChI=1S/C52H32O/c1-2-10-34-25-35(18-17-33(34)9-1)36-19-20-38-27-39(22-21-37(38)26-36)42-28-43(40-23-24-52-50(31-40)48-15-7-8-16-51(48)53-52)30-44(29-42)49-32-41-11-3-4-12-45(41)46-13-5-6-14-47(46)49/h1-32H. The van der Waals surface area contributed by atoms with Crippen molar-refractivity contribution in [2.45, 2.75) is 0 Å². The Hall–Kier alpha value is -6.96. The molecule has 0 fully saturated rings. The number of fused-ring (bicyclic) bond motifs is 8. The molecule has 1 heteroatoms. The third-order valence-electron chi connectivity index (χ3n) is 11.0. The Balaban J connectivity index is 1.09. The highest BCUT2D eigenvalue weighted by molar-refractivity contribution is 6.14. The van der Waals surface area contributed by atoms with Crippen LogP contribution in [0.25, 0.3) is 110 Å². The Bertz CT molecular complexity index is 3230. The van der Waals surface area contributed by atoms with Crippen LogP contribution in [0, 0.1) is 0 Å². The van der Waals surface area contributed by atoms with E-state index >= 15 is 0 Å². The van der Waals surface area contributed by atoms with Gasteiger partial charge in [0.05, 0.1) is 0 Å². The van der Waals surface area contributed by atoms with Crippen LogP contribution >= 0.6 is 0 Å². The smallest absolute Gasteiger partial charge is 0.135 e. The first-order valence-electron chi connectivity index (χ1n) is 18.2. The summed E-state index contributed by atoms with van der Waals surface area (Å²) in [6.45, 7) is 0. The van der Waals surface area contributed by atoms with Gasteiger partial charge in [0.1, 0.15) is 11.2 Å². The monoisotopic (exact) mass is 672 g/mol. The Morgan fingerprint density at radius 2 is 0.698 bits per heavy atom.